The number of fused-ring (bicyclic) bond motifs is 1. The Morgan fingerprint density at radius 1 is 1.17 bits per heavy atom. The number of anilines is 1. The molecule has 222 valence electrons. The fourth-order valence-electron chi connectivity index (χ4n) is 4.47. The molecule has 41 heavy (non-hydrogen) atoms. The molecule has 0 aliphatic carbocycles. The van der Waals surface area contributed by atoms with Crippen molar-refractivity contribution in [2.24, 2.45) is 5.92 Å². The number of ether oxygens (including phenoxy) is 1. The molecule has 0 bridgehead atoms. The van der Waals surface area contributed by atoms with Crippen LogP contribution in [0.4, 0.5) is 5.69 Å². The van der Waals surface area contributed by atoms with Crippen LogP contribution in [-0.4, -0.2) is 75.9 Å². The molecule has 0 saturated carbocycles. The van der Waals surface area contributed by atoms with Gasteiger partial charge in [0, 0.05) is 35.8 Å². The van der Waals surface area contributed by atoms with E-state index < -0.39 is 32.2 Å². The predicted octanol–water partition coefficient (Wildman–Crippen LogP) is 3.67. The van der Waals surface area contributed by atoms with Crippen LogP contribution in [0.3, 0.4) is 0 Å². The molecule has 2 aromatic carbocycles. The van der Waals surface area contributed by atoms with E-state index in [2.05, 4.69) is 4.72 Å². The van der Waals surface area contributed by atoms with Gasteiger partial charge in [0.05, 0.1) is 30.5 Å². The van der Waals surface area contributed by atoms with Gasteiger partial charge in [-0.05, 0) is 60.8 Å². The number of aliphatic hydroxyl groups is 1. The molecule has 1 amide bonds. The highest BCUT2D eigenvalue weighted by molar-refractivity contribution is 7.94. The minimum Gasteiger partial charge on any atom is -0.488 e. The van der Waals surface area contributed by atoms with E-state index in [1.807, 2.05) is 6.92 Å². The first-order chi connectivity index (χ1) is 19.3. The lowest BCUT2D eigenvalue weighted by atomic mass is 10.0. The zero-order chi connectivity index (χ0) is 29.9. The van der Waals surface area contributed by atoms with Crippen molar-refractivity contribution in [2.75, 3.05) is 31.5 Å². The minimum atomic E-state index is -3.88. The van der Waals surface area contributed by atoms with Crippen LogP contribution in [0.25, 0.3) is 0 Å². The van der Waals surface area contributed by atoms with Crippen molar-refractivity contribution in [3.63, 3.8) is 0 Å². The summed E-state index contributed by atoms with van der Waals surface area (Å²) in [7, 11) is -6.25. The van der Waals surface area contributed by atoms with E-state index in [0.717, 1.165) is 11.3 Å². The number of thiophene rings is 1. The Hall–Kier alpha value is -2.68. The number of carbonyl (C=O) groups excluding carboxylic acids is 1. The average molecular weight is 642 g/mol. The first-order valence-electron chi connectivity index (χ1n) is 12.8. The van der Waals surface area contributed by atoms with E-state index in [1.54, 1.807) is 35.4 Å². The van der Waals surface area contributed by atoms with Crippen molar-refractivity contribution in [2.45, 2.75) is 41.5 Å². The number of sulfonamides is 2. The lowest BCUT2D eigenvalue weighted by molar-refractivity contribution is -0.134. The van der Waals surface area contributed by atoms with Crippen LogP contribution >= 0.6 is 22.9 Å². The van der Waals surface area contributed by atoms with Crippen LogP contribution in [0.1, 0.15) is 19.4 Å². The monoisotopic (exact) mass is 641 g/mol. The first-order valence-corrected chi connectivity index (χ1v) is 17.0. The Morgan fingerprint density at radius 3 is 2.51 bits per heavy atom. The van der Waals surface area contributed by atoms with Gasteiger partial charge in [0.15, 0.2) is 0 Å². The Labute approximate surface area is 249 Å². The van der Waals surface area contributed by atoms with Gasteiger partial charge in [-0.3, -0.25) is 9.52 Å². The van der Waals surface area contributed by atoms with E-state index in [1.165, 1.54) is 47.8 Å². The molecule has 1 aliphatic heterocycles. The highest BCUT2D eigenvalue weighted by Crippen LogP contribution is 2.31. The summed E-state index contributed by atoms with van der Waals surface area (Å²) >= 11 is 7.01. The molecule has 1 aromatic heterocycles. The van der Waals surface area contributed by atoms with Gasteiger partial charge < -0.3 is 14.7 Å². The number of benzene rings is 2. The standard InChI is InChI=1S/C27H32ClN3O7S3/c1-18-15-31(19(2)17-32)26(33)14-20-13-22(29-40(34,35)27-5-4-12-39-27)8-11-24(20)38-25(18)16-30(3)41(36,37)23-9-6-21(28)7-10-23/h4-13,18-19,25,29,32H,14-17H2,1-3H3/t18-,19-,25+/m1/s1. The van der Waals surface area contributed by atoms with E-state index >= 15 is 0 Å². The van der Waals surface area contributed by atoms with E-state index in [0.29, 0.717) is 16.3 Å². The lowest BCUT2D eigenvalue weighted by Crippen LogP contribution is -2.48. The molecule has 3 atom stereocenters. The molecule has 1 aliphatic rings. The number of hydrogen-bond acceptors (Lipinski definition) is 8. The van der Waals surface area contributed by atoms with E-state index in [-0.39, 0.29) is 52.7 Å². The summed E-state index contributed by atoms with van der Waals surface area (Å²) in [6, 6.07) is 13.2. The van der Waals surface area contributed by atoms with Gasteiger partial charge in [-0.15, -0.1) is 11.3 Å². The normalized spacial score (nSPS) is 19.1. The van der Waals surface area contributed by atoms with Crippen LogP contribution in [-0.2, 0) is 31.3 Å². The minimum absolute atomic E-state index is 0.0339. The van der Waals surface area contributed by atoms with Gasteiger partial charge in [-0.25, -0.2) is 16.8 Å². The zero-order valence-electron chi connectivity index (χ0n) is 22.7. The number of hydrogen-bond donors (Lipinski definition) is 2. The second kappa shape index (κ2) is 12.7. The average Bonchev–Trinajstić information content (AvgIpc) is 3.49. The maximum atomic E-state index is 13.4. The zero-order valence-corrected chi connectivity index (χ0v) is 25.9. The molecule has 14 heteroatoms. The van der Waals surface area contributed by atoms with Crippen LogP contribution in [0.5, 0.6) is 5.75 Å². The third kappa shape index (κ3) is 7.22. The van der Waals surface area contributed by atoms with Crippen molar-refractivity contribution in [1.29, 1.82) is 0 Å². The molecule has 10 nitrogen and oxygen atoms in total. The predicted molar refractivity (Wildman–Crippen MR) is 158 cm³/mol. The summed E-state index contributed by atoms with van der Waals surface area (Å²) in [6.45, 7) is 3.50. The molecule has 0 unspecified atom stereocenters. The molecule has 0 radical (unpaired) electrons. The molecule has 4 rings (SSSR count). The maximum absolute atomic E-state index is 13.4. The molecule has 0 fully saturated rings. The Bertz CT molecular complexity index is 1580. The van der Waals surface area contributed by atoms with Crippen LogP contribution in [0.2, 0.25) is 5.02 Å². The Kier molecular flexibility index (Phi) is 9.66. The number of nitrogens with zero attached hydrogens (tertiary/aromatic N) is 2. The van der Waals surface area contributed by atoms with E-state index in [9.17, 15) is 26.7 Å². The lowest BCUT2D eigenvalue weighted by Gasteiger charge is -2.33. The van der Waals surface area contributed by atoms with Gasteiger partial charge in [0.25, 0.3) is 10.0 Å². The van der Waals surface area contributed by atoms with E-state index in [4.69, 9.17) is 16.3 Å². The third-order valence-corrected chi connectivity index (χ3v) is 11.8. The second-order valence-corrected chi connectivity index (χ2v) is 15.3. The molecule has 0 saturated heterocycles. The van der Waals surface area contributed by atoms with Gasteiger partial charge in [0.2, 0.25) is 15.9 Å². The molecular weight excluding hydrogens is 610 g/mol. The molecule has 3 aromatic rings. The SMILES string of the molecule is C[C@@H]1CN([C@H](C)CO)C(=O)Cc2cc(NS(=O)(=O)c3cccs3)ccc2O[C@H]1CN(C)S(=O)(=O)c1ccc(Cl)cc1. The van der Waals surface area contributed by atoms with Gasteiger partial charge in [-0.1, -0.05) is 24.6 Å². The van der Waals surface area contributed by atoms with Crippen LogP contribution in [0, 0.1) is 5.92 Å². The summed E-state index contributed by atoms with van der Waals surface area (Å²) in [6.07, 6.45) is -0.791. The van der Waals surface area contributed by atoms with Crippen molar-refractivity contribution in [1.82, 2.24) is 9.21 Å². The van der Waals surface area contributed by atoms with Gasteiger partial charge in [-0.2, -0.15) is 4.31 Å². The highest BCUT2D eigenvalue weighted by Gasteiger charge is 2.33. The Balaban J connectivity index is 1.68. The quantitative estimate of drug-likeness (QED) is 0.364. The summed E-state index contributed by atoms with van der Waals surface area (Å²) in [5.74, 6) is -0.270. The molecule has 2 N–H and O–H groups in total. The summed E-state index contributed by atoms with van der Waals surface area (Å²) in [4.78, 5) is 15.0. The molecule has 2 heterocycles. The van der Waals surface area contributed by atoms with Gasteiger partial charge in [0.1, 0.15) is 16.1 Å². The fourth-order valence-corrected chi connectivity index (χ4v) is 7.82. The number of amides is 1. The smallest absolute Gasteiger partial charge is 0.271 e. The summed E-state index contributed by atoms with van der Waals surface area (Å²) in [5, 5.41) is 11.9. The van der Waals surface area contributed by atoms with Crippen molar-refractivity contribution >= 4 is 54.6 Å². The van der Waals surface area contributed by atoms with Gasteiger partial charge >= 0.3 is 0 Å². The van der Waals surface area contributed by atoms with Crippen molar-refractivity contribution in [3.8, 4) is 5.75 Å². The molecular formula is C27H32ClN3O7S3. The number of nitrogens with one attached hydrogen (secondary N) is 1. The summed E-state index contributed by atoms with van der Waals surface area (Å²) in [5.41, 5.74) is 0.681. The Morgan fingerprint density at radius 2 is 1.88 bits per heavy atom. The number of aliphatic hydroxyl groups excluding tert-OH is 1. The number of halogens is 1. The largest absolute Gasteiger partial charge is 0.488 e. The van der Waals surface area contributed by atoms with Crippen LogP contribution in [0.15, 0.2) is 69.1 Å². The molecule has 0 spiro atoms. The second-order valence-electron chi connectivity index (χ2n) is 9.99. The van der Waals surface area contributed by atoms with Crippen LogP contribution < -0.4 is 9.46 Å². The third-order valence-electron chi connectivity index (χ3n) is 6.89. The number of likely N-dealkylation sites (N-methyl/N-ethyl adjacent to an activating group) is 1. The summed E-state index contributed by atoms with van der Waals surface area (Å²) < 4.78 is 62.5. The van der Waals surface area contributed by atoms with Crippen molar-refractivity contribution < 1.29 is 31.5 Å². The topological polar surface area (TPSA) is 133 Å². The van der Waals surface area contributed by atoms with Crippen molar-refractivity contribution in [3.05, 3.63) is 70.6 Å². The maximum Gasteiger partial charge on any atom is 0.271 e. The fraction of sp³-hybridized carbons (Fsp3) is 0.370. The highest BCUT2D eigenvalue weighted by atomic mass is 35.5. The number of rotatable bonds is 9. The first kappa shape index (κ1) is 31.3. The number of carbonyl (C=O) groups is 1.